The van der Waals surface area contributed by atoms with E-state index in [1.807, 2.05) is 6.92 Å². The summed E-state index contributed by atoms with van der Waals surface area (Å²) in [4.78, 5) is 0. The number of alkyl halides is 1. The highest BCUT2D eigenvalue weighted by Crippen LogP contribution is 2.30. The first-order valence-electron chi connectivity index (χ1n) is 5.40. The van der Waals surface area contributed by atoms with E-state index in [9.17, 15) is 0 Å². The molecule has 0 unspecified atom stereocenters. The minimum atomic E-state index is 0.371. The summed E-state index contributed by atoms with van der Waals surface area (Å²) < 4.78 is 5.67. The number of rotatable bonds is 4. The number of benzene rings is 1. The third kappa shape index (κ3) is 2.91. The highest BCUT2D eigenvalue weighted by molar-refractivity contribution is 6.34. The highest BCUT2D eigenvalue weighted by atomic mass is 35.5. The Labute approximate surface area is 120 Å². The van der Waals surface area contributed by atoms with E-state index in [1.165, 1.54) is 0 Å². The maximum Gasteiger partial charge on any atom is 0.241 e. The van der Waals surface area contributed by atoms with Gasteiger partial charge in [-0.2, -0.15) is 0 Å². The molecular formula is C12H11Cl3N2O. The number of H-pyrrole nitrogens is 1. The normalized spacial score (nSPS) is 10.7. The highest BCUT2D eigenvalue weighted by Gasteiger charge is 2.13. The smallest absolute Gasteiger partial charge is 0.241 e. The summed E-state index contributed by atoms with van der Waals surface area (Å²) in [5.74, 6) is 1.43. The summed E-state index contributed by atoms with van der Waals surface area (Å²) in [5.41, 5.74) is 1.82. The van der Waals surface area contributed by atoms with Gasteiger partial charge >= 0.3 is 0 Å². The minimum absolute atomic E-state index is 0.371. The van der Waals surface area contributed by atoms with Crippen molar-refractivity contribution in [3.05, 3.63) is 39.5 Å². The van der Waals surface area contributed by atoms with Gasteiger partial charge in [0, 0.05) is 15.6 Å². The van der Waals surface area contributed by atoms with Crippen LogP contribution in [0.5, 0.6) is 11.6 Å². The van der Waals surface area contributed by atoms with Gasteiger partial charge in [0.2, 0.25) is 5.88 Å². The molecule has 1 heterocycles. The van der Waals surface area contributed by atoms with Crippen molar-refractivity contribution >= 4 is 34.8 Å². The van der Waals surface area contributed by atoms with Crippen molar-refractivity contribution in [1.29, 1.82) is 0 Å². The van der Waals surface area contributed by atoms with Crippen molar-refractivity contribution in [2.24, 2.45) is 0 Å². The van der Waals surface area contributed by atoms with Crippen LogP contribution in [0.3, 0.4) is 0 Å². The molecule has 1 aromatic carbocycles. The molecule has 6 heteroatoms. The van der Waals surface area contributed by atoms with Crippen LogP contribution in [-0.4, -0.2) is 10.2 Å². The molecule has 0 bridgehead atoms. The molecule has 0 saturated heterocycles. The molecule has 0 saturated carbocycles. The Hall–Kier alpha value is -0.900. The van der Waals surface area contributed by atoms with E-state index >= 15 is 0 Å². The topological polar surface area (TPSA) is 37.9 Å². The van der Waals surface area contributed by atoms with Crippen molar-refractivity contribution in [1.82, 2.24) is 10.2 Å². The van der Waals surface area contributed by atoms with Crippen LogP contribution in [0.15, 0.2) is 18.2 Å². The molecule has 2 rings (SSSR count). The lowest BCUT2D eigenvalue weighted by Gasteiger charge is -2.05. The predicted octanol–water partition coefficient (Wildman–Crippen LogP) is 4.81. The van der Waals surface area contributed by atoms with Crippen LogP contribution in [0.1, 0.15) is 18.2 Å². The Morgan fingerprint density at radius 2 is 1.89 bits per heavy atom. The molecule has 0 radical (unpaired) electrons. The molecule has 0 spiro atoms. The molecule has 0 aliphatic rings. The summed E-state index contributed by atoms with van der Waals surface area (Å²) in [6.07, 6.45) is 0.780. The van der Waals surface area contributed by atoms with Crippen LogP contribution in [0.25, 0.3) is 0 Å². The van der Waals surface area contributed by atoms with Gasteiger partial charge in [-0.1, -0.05) is 30.1 Å². The predicted molar refractivity (Wildman–Crippen MR) is 74.1 cm³/mol. The fourth-order valence-electron chi connectivity index (χ4n) is 1.64. The Kier molecular flexibility index (Phi) is 4.38. The van der Waals surface area contributed by atoms with Crippen LogP contribution in [0.2, 0.25) is 10.0 Å². The first-order valence-corrected chi connectivity index (χ1v) is 6.69. The van der Waals surface area contributed by atoms with E-state index in [-0.39, 0.29) is 0 Å². The second-order valence-electron chi connectivity index (χ2n) is 3.68. The van der Waals surface area contributed by atoms with Crippen molar-refractivity contribution in [2.75, 3.05) is 0 Å². The molecule has 0 amide bonds. The number of halogens is 3. The van der Waals surface area contributed by atoms with Crippen molar-refractivity contribution in [2.45, 2.75) is 19.2 Å². The van der Waals surface area contributed by atoms with Gasteiger partial charge in [-0.3, -0.25) is 5.10 Å². The summed E-state index contributed by atoms with van der Waals surface area (Å²) >= 11 is 17.6. The van der Waals surface area contributed by atoms with E-state index < -0.39 is 0 Å². The lowest BCUT2D eigenvalue weighted by Crippen LogP contribution is -1.90. The van der Waals surface area contributed by atoms with E-state index in [4.69, 9.17) is 39.5 Å². The summed E-state index contributed by atoms with van der Waals surface area (Å²) in [6, 6.07) is 5.01. The molecule has 1 aromatic heterocycles. The van der Waals surface area contributed by atoms with Crippen LogP contribution in [-0.2, 0) is 12.3 Å². The number of aromatic amines is 1. The summed E-state index contributed by atoms with van der Waals surface area (Å²) in [7, 11) is 0. The van der Waals surface area contributed by atoms with Crippen molar-refractivity contribution in [3.63, 3.8) is 0 Å². The number of hydrogen-bond donors (Lipinski definition) is 1. The number of aromatic nitrogens is 2. The number of hydrogen-bond acceptors (Lipinski definition) is 2. The molecule has 18 heavy (non-hydrogen) atoms. The molecule has 0 atom stereocenters. The van der Waals surface area contributed by atoms with Gasteiger partial charge in [-0.05, 0) is 24.6 Å². The summed E-state index contributed by atoms with van der Waals surface area (Å²) in [6.45, 7) is 2.01. The third-order valence-corrected chi connectivity index (χ3v) is 3.16. The van der Waals surface area contributed by atoms with Crippen LogP contribution in [0, 0.1) is 0 Å². The summed E-state index contributed by atoms with van der Waals surface area (Å²) in [5, 5.41) is 7.98. The fraction of sp³-hybridized carbons (Fsp3) is 0.250. The van der Waals surface area contributed by atoms with Gasteiger partial charge in [-0.25, -0.2) is 0 Å². The van der Waals surface area contributed by atoms with Gasteiger partial charge in [0.1, 0.15) is 5.75 Å². The Morgan fingerprint density at radius 3 is 2.44 bits per heavy atom. The quantitative estimate of drug-likeness (QED) is 0.823. The average Bonchev–Trinajstić information content (AvgIpc) is 2.69. The first-order chi connectivity index (χ1) is 8.63. The van der Waals surface area contributed by atoms with Gasteiger partial charge < -0.3 is 4.74 Å². The Bertz CT molecular complexity index is 534. The van der Waals surface area contributed by atoms with Crippen LogP contribution in [0.4, 0.5) is 0 Å². The average molecular weight is 306 g/mol. The second kappa shape index (κ2) is 5.83. The zero-order chi connectivity index (χ0) is 13.1. The molecule has 0 aliphatic heterocycles. The van der Waals surface area contributed by atoms with E-state index in [2.05, 4.69) is 10.2 Å². The SMILES string of the molecule is CCc1c(Oc2cc(Cl)cc(Cl)c2)n[nH]c1CCl. The molecule has 0 fully saturated rings. The zero-order valence-electron chi connectivity index (χ0n) is 9.64. The lowest BCUT2D eigenvalue weighted by molar-refractivity contribution is 0.456. The first kappa shape index (κ1) is 13.5. The number of ether oxygens (including phenoxy) is 1. The molecule has 0 aliphatic carbocycles. The monoisotopic (exact) mass is 304 g/mol. The standard InChI is InChI=1S/C12H11Cl3N2O/c1-2-10-11(6-13)16-17-12(10)18-9-4-7(14)3-8(15)5-9/h3-5H,2,6H2,1H3,(H,16,17). The number of nitrogens with zero attached hydrogens (tertiary/aromatic N) is 1. The maximum atomic E-state index is 5.91. The molecular weight excluding hydrogens is 295 g/mol. The van der Waals surface area contributed by atoms with Gasteiger partial charge in [0.25, 0.3) is 0 Å². The lowest BCUT2D eigenvalue weighted by atomic mass is 10.2. The van der Waals surface area contributed by atoms with E-state index in [1.54, 1.807) is 18.2 Å². The molecule has 3 nitrogen and oxygen atoms in total. The van der Waals surface area contributed by atoms with Gasteiger partial charge in [0.05, 0.1) is 11.6 Å². The second-order valence-corrected chi connectivity index (χ2v) is 4.82. The zero-order valence-corrected chi connectivity index (χ0v) is 11.9. The third-order valence-electron chi connectivity index (χ3n) is 2.45. The largest absolute Gasteiger partial charge is 0.437 e. The van der Waals surface area contributed by atoms with Crippen molar-refractivity contribution in [3.8, 4) is 11.6 Å². The van der Waals surface area contributed by atoms with Crippen LogP contribution < -0.4 is 4.74 Å². The maximum absolute atomic E-state index is 5.91. The van der Waals surface area contributed by atoms with E-state index in [0.717, 1.165) is 17.7 Å². The fourth-order valence-corrected chi connectivity index (χ4v) is 2.37. The van der Waals surface area contributed by atoms with Crippen LogP contribution >= 0.6 is 34.8 Å². The Balaban J connectivity index is 2.30. The van der Waals surface area contributed by atoms with Gasteiger partial charge in [0.15, 0.2) is 0 Å². The van der Waals surface area contributed by atoms with E-state index in [0.29, 0.717) is 27.6 Å². The van der Waals surface area contributed by atoms with Crippen molar-refractivity contribution < 1.29 is 4.74 Å². The molecule has 96 valence electrons. The molecule has 1 N–H and O–H groups in total. The van der Waals surface area contributed by atoms with Gasteiger partial charge in [-0.15, -0.1) is 16.7 Å². The number of nitrogens with one attached hydrogen (secondary N) is 1. The minimum Gasteiger partial charge on any atom is -0.437 e. The molecule has 2 aromatic rings. The Morgan fingerprint density at radius 1 is 1.22 bits per heavy atom.